The first-order valence-corrected chi connectivity index (χ1v) is 10.9. The smallest absolute Gasteiger partial charge is 0.226 e. The predicted octanol–water partition coefficient (Wildman–Crippen LogP) is 2.11. The van der Waals surface area contributed by atoms with Crippen LogP contribution in [0.1, 0.15) is 51.1 Å². The van der Waals surface area contributed by atoms with Crippen LogP contribution in [0, 0.1) is 17.8 Å². The Morgan fingerprint density at radius 3 is 2.76 bits per heavy atom. The molecule has 3 fully saturated rings. The van der Waals surface area contributed by atoms with Crippen LogP contribution in [0.3, 0.4) is 0 Å². The van der Waals surface area contributed by atoms with Crippen molar-refractivity contribution in [1.29, 1.82) is 0 Å². The van der Waals surface area contributed by atoms with Gasteiger partial charge in [-0.1, -0.05) is 37.6 Å². The van der Waals surface area contributed by atoms with Crippen LogP contribution in [0.4, 0.5) is 0 Å². The Morgan fingerprint density at radius 1 is 1.28 bits per heavy atom. The summed E-state index contributed by atoms with van der Waals surface area (Å²) < 4.78 is 0. The number of carbonyl (C=O) groups excluding carboxylic acids is 2. The highest BCUT2D eigenvalue weighted by Crippen LogP contribution is 2.38. The van der Waals surface area contributed by atoms with Gasteiger partial charge in [0, 0.05) is 23.5 Å². The number of nitrogens with zero attached hydrogens (tertiary/aromatic N) is 1. The summed E-state index contributed by atoms with van der Waals surface area (Å²) in [5.74, 6) is 0.626. The number of nitrogens with one attached hydrogen (secondary N) is 4. The summed E-state index contributed by atoms with van der Waals surface area (Å²) >= 11 is 6.02. The lowest BCUT2D eigenvalue weighted by atomic mass is 9.75. The quantitative estimate of drug-likeness (QED) is 0.587. The SMILES string of the molecule is CC(C)CCNC(=O)C1CCC2C(=O)NC3C(c4ccc(Cl)cc4)NNN3C2C1. The third kappa shape index (κ3) is 4.28. The molecule has 1 saturated carbocycles. The van der Waals surface area contributed by atoms with Crippen LogP contribution in [-0.2, 0) is 9.59 Å². The molecule has 0 radical (unpaired) electrons. The lowest BCUT2D eigenvalue weighted by Crippen LogP contribution is -2.65. The molecule has 1 aromatic rings. The third-order valence-electron chi connectivity index (χ3n) is 6.39. The van der Waals surface area contributed by atoms with E-state index in [-0.39, 0.29) is 41.9 Å². The number of benzene rings is 1. The Labute approximate surface area is 176 Å². The van der Waals surface area contributed by atoms with Crippen LogP contribution >= 0.6 is 11.6 Å². The first-order valence-electron chi connectivity index (χ1n) is 10.6. The molecule has 2 saturated heterocycles. The number of carbonyl (C=O) groups is 2. The third-order valence-corrected chi connectivity index (χ3v) is 6.64. The van der Waals surface area contributed by atoms with E-state index in [1.807, 2.05) is 24.3 Å². The average molecular weight is 420 g/mol. The zero-order valence-corrected chi connectivity index (χ0v) is 17.7. The van der Waals surface area contributed by atoms with Gasteiger partial charge < -0.3 is 10.6 Å². The van der Waals surface area contributed by atoms with E-state index in [4.69, 9.17) is 11.6 Å². The van der Waals surface area contributed by atoms with E-state index < -0.39 is 0 Å². The topological polar surface area (TPSA) is 85.5 Å². The van der Waals surface area contributed by atoms with Gasteiger partial charge in [-0.2, -0.15) is 5.53 Å². The molecule has 2 aliphatic heterocycles. The van der Waals surface area contributed by atoms with E-state index in [1.54, 1.807) is 0 Å². The summed E-state index contributed by atoms with van der Waals surface area (Å²) in [5.41, 5.74) is 7.61. The van der Waals surface area contributed by atoms with Crippen molar-refractivity contribution in [1.82, 2.24) is 26.6 Å². The summed E-state index contributed by atoms with van der Waals surface area (Å²) in [4.78, 5) is 25.5. The minimum Gasteiger partial charge on any atom is -0.356 e. The second-order valence-electron chi connectivity index (χ2n) is 8.80. The Kier molecular flexibility index (Phi) is 6.11. The van der Waals surface area contributed by atoms with E-state index in [9.17, 15) is 9.59 Å². The lowest BCUT2D eigenvalue weighted by molar-refractivity contribution is -0.143. The van der Waals surface area contributed by atoms with Crippen LogP contribution in [-0.4, -0.2) is 35.6 Å². The molecule has 4 rings (SSSR count). The van der Waals surface area contributed by atoms with Gasteiger partial charge in [0.15, 0.2) is 0 Å². The number of amides is 2. The van der Waals surface area contributed by atoms with Crippen LogP contribution in [0.15, 0.2) is 24.3 Å². The number of rotatable bonds is 5. The Hall–Kier alpha value is -1.67. The summed E-state index contributed by atoms with van der Waals surface area (Å²) in [5, 5.41) is 9.02. The summed E-state index contributed by atoms with van der Waals surface area (Å²) in [6.45, 7) is 5.02. The molecule has 0 bridgehead atoms. The summed E-state index contributed by atoms with van der Waals surface area (Å²) in [6.07, 6.45) is 2.95. The van der Waals surface area contributed by atoms with Gasteiger partial charge in [0.2, 0.25) is 11.8 Å². The molecule has 7 nitrogen and oxygen atoms in total. The summed E-state index contributed by atoms with van der Waals surface area (Å²) in [6, 6.07) is 7.55. The van der Waals surface area contributed by atoms with Gasteiger partial charge >= 0.3 is 0 Å². The monoisotopic (exact) mass is 419 g/mol. The molecule has 2 amide bonds. The fraction of sp³-hybridized carbons (Fsp3) is 0.619. The fourth-order valence-electron chi connectivity index (χ4n) is 4.71. The number of hydrazine groups is 2. The number of hydrogen-bond acceptors (Lipinski definition) is 5. The predicted molar refractivity (Wildman–Crippen MR) is 111 cm³/mol. The van der Waals surface area contributed by atoms with Gasteiger partial charge in [0.1, 0.15) is 6.17 Å². The van der Waals surface area contributed by atoms with Crippen molar-refractivity contribution < 1.29 is 9.59 Å². The number of halogens is 1. The minimum absolute atomic E-state index is 0.00634. The van der Waals surface area contributed by atoms with E-state index in [0.717, 1.165) is 24.8 Å². The van der Waals surface area contributed by atoms with Crippen molar-refractivity contribution in [2.45, 2.75) is 57.8 Å². The second kappa shape index (κ2) is 8.60. The highest BCUT2D eigenvalue weighted by atomic mass is 35.5. The first kappa shape index (κ1) is 20.6. The maximum atomic E-state index is 12.8. The average Bonchev–Trinajstić information content (AvgIpc) is 3.12. The van der Waals surface area contributed by atoms with E-state index >= 15 is 0 Å². The largest absolute Gasteiger partial charge is 0.356 e. The van der Waals surface area contributed by atoms with Crippen molar-refractivity contribution in [3.8, 4) is 0 Å². The maximum Gasteiger partial charge on any atom is 0.226 e. The molecule has 5 unspecified atom stereocenters. The molecule has 1 aliphatic carbocycles. The summed E-state index contributed by atoms with van der Waals surface area (Å²) in [7, 11) is 0. The maximum absolute atomic E-state index is 12.8. The van der Waals surface area contributed by atoms with Crippen molar-refractivity contribution in [3.05, 3.63) is 34.9 Å². The molecular formula is C21H30ClN5O2. The van der Waals surface area contributed by atoms with Gasteiger partial charge in [-0.3, -0.25) is 9.59 Å². The van der Waals surface area contributed by atoms with E-state index in [0.29, 0.717) is 23.9 Å². The van der Waals surface area contributed by atoms with Crippen LogP contribution < -0.4 is 21.6 Å². The number of hydrogen-bond donors (Lipinski definition) is 4. The van der Waals surface area contributed by atoms with Crippen molar-refractivity contribution in [2.75, 3.05) is 6.54 Å². The molecule has 1 aromatic carbocycles. The van der Waals surface area contributed by atoms with E-state index in [1.165, 1.54) is 0 Å². The van der Waals surface area contributed by atoms with Crippen LogP contribution in [0.25, 0.3) is 0 Å². The van der Waals surface area contributed by atoms with Crippen molar-refractivity contribution in [3.63, 3.8) is 0 Å². The normalized spacial score (nSPS) is 31.9. The highest BCUT2D eigenvalue weighted by Gasteiger charge is 2.51. The Bertz CT molecular complexity index is 756. The van der Waals surface area contributed by atoms with Gasteiger partial charge in [-0.05, 0) is 49.3 Å². The van der Waals surface area contributed by atoms with Gasteiger partial charge in [0.25, 0.3) is 0 Å². The molecule has 158 valence electrons. The van der Waals surface area contributed by atoms with Crippen LogP contribution in [0.2, 0.25) is 5.02 Å². The molecule has 0 spiro atoms. The lowest BCUT2D eigenvalue weighted by Gasteiger charge is -2.46. The Balaban J connectivity index is 1.44. The molecule has 29 heavy (non-hydrogen) atoms. The Morgan fingerprint density at radius 2 is 2.03 bits per heavy atom. The highest BCUT2D eigenvalue weighted by molar-refractivity contribution is 6.30. The van der Waals surface area contributed by atoms with Crippen molar-refractivity contribution in [2.24, 2.45) is 17.8 Å². The van der Waals surface area contributed by atoms with Gasteiger partial charge in [0.05, 0.1) is 12.0 Å². The molecule has 2 heterocycles. The van der Waals surface area contributed by atoms with Crippen molar-refractivity contribution >= 4 is 23.4 Å². The second-order valence-corrected chi connectivity index (χ2v) is 9.24. The van der Waals surface area contributed by atoms with E-state index in [2.05, 4.69) is 40.5 Å². The van der Waals surface area contributed by atoms with Crippen LogP contribution in [0.5, 0.6) is 0 Å². The molecule has 0 aromatic heterocycles. The molecule has 8 heteroatoms. The first-order chi connectivity index (χ1) is 13.9. The molecular weight excluding hydrogens is 390 g/mol. The fourth-order valence-corrected chi connectivity index (χ4v) is 4.84. The standard InChI is InChI=1S/C21H30ClN5O2/c1-12(2)9-10-23-20(28)14-5-8-16-17(11-14)27-19(24-21(16)29)18(25-26-27)13-3-6-15(22)7-4-13/h3-4,6-7,12,14,16-19,25-26H,5,8-11H2,1-2H3,(H,23,28)(H,24,29). The van der Waals surface area contributed by atoms with Gasteiger partial charge in [-0.25, -0.2) is 10.4 Å². The zero-order chi connectivity index (χ0) is 20.5. The van der Waals surface area contributed by atoms with Gasteiger partial charge in [-0.15, -0.1) is 0 Å². The molecule has 4 N–H and O–H groups in total. The molecule has 5 atom stereocenters. The minimum atomic E-state index is -0.201. The zero-order valence-electron chi connectivity index (χ0n) is 17.0. The molecule has 3 aliphatic rings. The number of fused-ring (bicyclic) bond motifs is 3.